The van der Waals surface area contributed by atoms with Crippen molar-refractivity contribution in [1.29, 1.82) is 0 Å². The molecule has 9 heteroatoms. The minimum absolute atomic E-state index is 0.00124. The van der Waals surface area contributed by atoms with Crippen LogP contribution in [-0.4, -0.2) is 58.4 Å². The van der Waals surface area contributed by atoms with Crippen LogP contribution in [0.1, 0.15) is 44.9 Å². The van der Waals surface area contributed by atoms with E-state index >= 15 is 0 Å². The van der Waals surface area contributed by atoms with Crippen molar-refractivity contribution in [1.82, 2.24) is 5.32 Å². The first kappa shape index (κ1) is 39.1. The molecule has 1 aliphatic rings. The molecule has 0 radical (unpaired) electrons. The molecule has 9 nitrogen and oxygen atoms in total. The van der Waals surface area contributed by atoms with Gasteiger partial charge in [-0.05, 0) is 86.5 Å². The molecule has 0 unspecified atom stereocenters. The fourth-order valence-corrected chi connectivity index (χ4v) is 7.45. The summed E-state index contributed by atoms with van der Waals surface area (Å²) in [6.07, 6.45) is -0.484. The molecule has 0 aliphatic heterocycles. The summed E-state index contributed by atoms with van der Waals surface area (Å²) in [5.74, 6) is 2.06. The van der Waals surface area contributed by atoms with Gasteiger partial charge in [-0.25, -0.2) is 4.79 Å². The number of alkyl carbamates (subject to hydrolysis) is 1. The molecule has 0 saturated carbocycles. The number of fused-ring (bicyclic) bond motifs is 3. The van der Waals surface area contributed by atoms with E-state index < -0.39 is 11.7 Å². The van der Waals surface area contributed by atoms with Crippen LogP contribution >= 0.6 is 0 Å². The Hall–Kier alpha value is -6.13. The number of rotatable bonds is 18. The molecule has 7 rings (SSSR count). The SMILES string of the molecule is COc1ccc(C(OCc2cc(CO)cc(OCCOCCNC(=O)OCC3c4ccccc4-c4ccccc43)c2)(c2ccccc2)c2ccc(OC)cc2)cc1. The molecular formula is C48H47NO8. The minimum atomic E-state index is -1.00. The summed E-state index contributed by atoms with van der Waals surface area (Å²) in [6, 6.07) is 48.0. The van der Waals surface area contributed by atoms with Crippen LogP contribution in [0.3, 0.4) is 0 Å². The van der Waals surface area contributed by atoms with Gasteiger partial charge in [-0.1, -0.05) is 109 Å². The first-order valence-electron chi connectivity index (χ1n) is 19.0. The second kappa shape index (κ2) is 18.7. The molecule has 0 spiro atoms. The lowest BCUT2D eigenvalue weighted by Gasteiger charge is -2.36. The summed E-state index contributed by atoms with van der Waals surface area (Å²) in [7, 11) is 3.29. The van der Waals surface area contributed by atoms with Crippen LogP contribution in [-0.2, 0) is 33.0 Å². The van der Waals surface area contributed by atoms with Gasteiger partial charge in [-0.15, -0.1) is 0 Å². The highest BCUT2D eigenvalue weighted by Gasteiger charge is 2.38. The largest absolute Gasteiger partial charge is 0.497 e. The molecule has 0 bridgehead atoms. The van der Waals surface area contributed by atoms with Gasteiger partial charge in [-0.2, -0.15) is 0 Å². The molecule has 0 fully saturated rings. The Kier molecular flexibility index (Phi) is 12.8. The summed E-state index contributed by atoms with van der Waals surface area (Å²) in [4.78, 5) is 12.5. The monoisotopic (exact) mass is 765 g/mol. The van der Waals surface area contributed by atoms with Gasteiger partial charge in [0.1, 0.15) is 36.1 Å². The zero-order chi connectivity index (χ0) is 39.5. The number of carbonyl (C=O) groups is 1. The van der Waals surface area contributed by atoms with Gasteiger partial charge in [0.15, 0.2) is 0 Å². The normalized spacial score (nSPS) is 12.1. The number of carbonyl (C=O) groups excluding carboxylic acids is 1. The predicted octanol–water partition coefficient (Wildman–Crippen LogP) is 8.64. The van der Waals surface area contributed by atoms with Crippen LogP contribution in [0.5, 0.6) is 17.2 Å². The van der Waals surface area contributed by atoms with Crippen molar-refractivity contribution in [2.24, 2.45) is 0 Å². The quantitative estimate of drug-likeness (QED) is 0.0663. The van der Waals surface area contributed by atoms with Crippen molar-refractivity contribution in [3.05, 3.63) is 185 Å². The van der Waals surface area contributed by atoms with E-state index in [2.05, 4.69) is 41.7 Å². The predicted molar refractivity (Wildman–Crippen MR) is 219 cm³/mol. The number of aliphatic hydroxyl groups is 1. The Balaban J connectivity index is 0.948. The lowest BCUT2D eigenvalue weighted by atomic mass is 9.80. The number of benzene rings is 6. The van der Waals surface area contributed by atoms with Crippen molar-refractivity contribution < 1.29 is 38.3 Å². The highest BCUT2D eigenvalue weighted by Crippen LogP contribution is 2.45. The van der Waals surface area contributed by atoms with Crippen LogP contribution in [0.25, 0.3) is 11.1 Å². The van der Waals surface area contributed by atoms with E-state index in [1.807, 2.05) is 103 Å². The summed E-state index contributed by atoms with van der Waals surface area (Å²) >= 11 is 0. The molecule has 0 aromatic heterocycles. The number of hydrogen-bond acceptors (Lipinski definition) is 8. The second-order valence-electron chi connectivity index (χ2n) is 13.6. The fourth-order valence-electron chi connectivity index (χ4n) is 7.45. The van der Waals surface area contributed by atoms with Gasteiger partial charge < -0.3 is 38.8 Å². The van der Waals surface area contributed by atoms with Crippen molar-refractivity contribution in [3.8, 4) is 28.4 Å². The summed E-state index contributed by atoms with van der Waals surface area (Å²) in [6.45, 7) is 1.45. The summed E-state index contributed by atoms with van der Waals surface area (Å²) in [5, 5.41) is 12.9. The number of ether oxygens (including phenoxy) is 6. The number of amides is 1. The maximum Gasteiger partial charge on any atom is 0.407 e. The maximum absolute atomic E-state index is 12.5. The average Bonchev–Trinajstić information content (AvgIpc) is 3.59. The van der Waals surface area contributed by atoms with E-state index in [1.54, 1.807) is 20.3 Å². The van der Waals surface area contributed by atoms with Gasteiger partial charge in [0.05, 0.1) is 40.6 Å². The molecular weight excluding hydrogens is 719 g/mol. The van der Waals surface area contributed by atoms with Crippen molar-refractivity contribution in [2.45, 2.75) is 24.7 Å². The Labute approximate surface area is 333 Å². The molecule has 57 heavy (non-hydrogen) atoms. The maximum atomic E-state index is 12.5. The van der Waals surface area contributed by atoms with E-state index in [4.69, 9.17) is 28.4 Å². The molecule has 6 aromatic rings. The third-order valence-corrected chi connectivity index (χ3v) is 10.2. The third kappa shape index (κ3) is 8.97. The molecule has 6 aromatic carbocycles. The average molecular weight is 766 g/mol. The lowest BCUT2D eigenvalue weighted by molar-refractivity contribution is 0.0000339. The highest BCUT2D eigenvalue weighted by atomic mass is 16.6. The van der Waals surface area contributed by atoms with Crippen LogP contribution in [0.4, 0.5) is 4.79 Å². The molecule has 292 valence electrons. The smallest absolute Gasteiger partial charge is 0.407 e. The Morgan fingerprint density at radius 1 is 0.632 bits per heavy atom. The van der Waals surface area contributed by atoms with E-state index in [0.717, 1.165) is 33.8 Å². The van der Waals surface area contributed by atoms with E-state index in [-0.39, 0.29) is 32.3 Å². The molecule has 0 saturated heterocycles. The summed E-state index contributed by atoms with van der Waals surface area (Å²) in [5.41, 5.74) is 8.00. The van der Waals surface area contributed by atoms with Crippen LogP contribution in [0.2, 0.25) is 0 Å². The lowest BCUT2D eigenvalue weighted by Crippen LogP contribution is -2.32. The van der Waals surface area contributed by atoms with E-state index in [1.165, 1.54) is 22.3 Å². The first-order valence-corrected chi connectivity index (χ1v) is 19.0. The van der Waals surface area contributed by atoms with E-state index in [0.29, 0.717) is 31.1 Å². The highest BCUT2D eigenvalue weighted by molar-refractivity contribution is 5.79. The van der Waals surface area contributed by atoms with Gasteiger partial charge >= 0.3 is 6.09 Å². The third-order valence-electron chi connectivity index (χ3n) is 10.2. The number of hydrogen-bond donors (Lipinski definition) is 2. The molecule has 1 aliphatic carbocycles. The molecule has 2 N–H and O–H groups in total. The van der Waals surface area contributed by atoms with Gasteiger partial charge in [0.25, 0.3) is 0 Å². The van der Waals surface area contributed by atoms with Crippen molar-refractivity contribution in [2.75, 3.05) is 47.2 Å². The molecule has 0 heterocycles. The van der Waals surface area contributed by atoms with E-state index in [9.17, 15) is 9.90 Å². The van der Waals surface area contributed by atoms with Gasteiger partial charge in [0.2, 0.25) is 0 Å². The van der Waals surface area contributed by atoms with Crippen molar-refractivity contribution in [3.63, 3.8) is 0 Å². The number of aliphatic hydroxyl groups excluding tert-OH is 1. The molecule has 1 amide bonds. The minimum Gasteiger partial charge on any atom is -0.497 e. The van der Waals surface area contributed by atoms with Crippen LogP contribution in [0, 0.1) is 0 Å². The Morgan fingerprint density at radius 3 is 1.79 bits per heavy atom. The first-order chi connectivity index (χ1) is 28.0. The van der Waals surface area contributed by atoms with Crippen LogP contribution < -0.4 is 19.5 Å². The van der Waals surface area contributed by atoms with Gasteiger partial charge in [-0.3, -0.25) is 0 Å². The topological polar surface area (TPSA) is 105 Å². The van der Waals surface area contributed by atoms with Gasteiger partial charge in [0, 0.05) is 12.5 Å². The zero-order valence-corrected chi connectivity index (χ0v) is 32.2. The second-order valence-corrected chi connectivity index (χ2v) is 13.6. The number of nitrogens with one attached hydrogen (secondary N) is 1. The fraction of sp³-hybridized carbons (Fsp3) is 0.229. The molecule has 0 atom stereocenters. The summed E-state index contributed by atoms with van der Waals surface area (Å²) < 4.78 is 35.5. The standard InChI is InChI=1S/C48H47NO8/c1-52-39-20-16-37(17-21-39)48(36-10-4-3-5-11-36,38-18-22-40(53-2)23-19-38)57-32-35-28-34(31-50)29-41(30-35)55-27-26-54-25-24-49-47(51)56-33-46-44-14-8-6-12-42(44)43-13-7-9-15-45(43)46/h3-23,28-30,46,50H,24-27,31-33H2,1-2H3,(H,49,51). The van der Waals surface area contributed by atoms with Crippen LogP contribution in [0.15, 0.2) is 146 Å². The Morgan fingerprint density at radius 2 is 1.19 bits per heavy atom. The number of methoxy groups -OCH3 is 2. The zero-order valence-electron chi connectivity index (χ0n) is 32.2. The Bertz CT molecular complexity index is 2130. The van der Waals surface area contributed by atoms with Crippen molar-refractivity contribution >= 4 is 6.09 Å².